The quantitative estimate of drug-likeness (QED) is 0.550. The molecule has 0 amide bonds. The highest BCUT2D eigenvalue weighted by Gasteiger charge is 2.33. The fourth-order valence-corrected chi connectivity index (χ4v) is 4.70. The molecule has 0 bridgehead atoms. The lowest BCUT2D eigenvalue weighted by molar-refractivity contribution is 0.210. The molecule has 2 aromatic carbocycles. The molecule has 0 atom stereocenters. The molecule has 1 aliphatic carbocycles. The van der Waals surface area contributed by atoms with Crippen LogP contribution in [0.15, 0.2) is 59.5 Å². The predicted octanol–water partition coefficient (Wildman–Crippen LogP) is 5.02. The number of hydrogen-bond donors (Lipinski definition) is 1. The van der Waals surface area contributed by atoms with Gasteiger partial charge in [0.1, 0.15) is 5.75 Å². The average Bonchev–Trinajstić information content (AvgIpc) is 3.65. The van der Waals surface area contributed by atoms with Crippen LogP contribution in [-0.2, 0) is 26.2 Å². The number of nitrogens with one attached hydrogen (secondary N) is 1. The summed E-state index contributed by atoms with van der Waals surface area (Å²) in [6, 6.07) is 15.9. The molecule has 32 heavy (non-hydrogen) atoms. The van der Waals surface area contributed by atoms with Crippen LogP contribution in [0.1, 0.15) is 41.1 Å². The number of nitrogens with zero attached hydrogens (tertiary/aromatic N) is 2. The fourth-order valence-electron chi connectivity index (χ4n) is 4.50. The Morgan fingerprint density at radius 1 is 1.09 bits per heavy atom. The monoisotopic (exact) mass is 449 g/mol. The normalized spacial score (nSPS) is 15.9. The van der Waals surface area contributed by atoms with Gasteiger partial charge in [-0.25, -0.2) is 0 Å². The van der Waals surface area contributed by atoms with Gasteiger partial charge in [-0.1, -0.05) is 41.9 Å². The SMILES string of the molecule is COc1ccc(CNc2cn3c(c(C4CC4)c2=O)CN(Cc2ccccc2Cl)CC3)cc1. The number of hydrogen-bond acceptors (Lipinski definition) is 4. The highest BCUT2D eigenvalue weighted by Crippen LogP contribution is 2.41. The van der Waals surface area contributed by atoms with Gasteiger partial charge in [-0.2, -0.15) is 0 Å². The van der Waals surface area contributed by atoms with Crippen molar-refractivity contribution in [1.82, 2.24) is 9.47 Å². The van der Waals surface area contributed by atoms with E-state index in [2.05, 4.69) is 20.9 Å². The first-order valence-corrected chi connectivity index (χ1v) is 11.6. The second-order valence-electron chi connectivity index (χ2n) is 8.70. The lowest BCUT2D eigenvalue weighted by Crippen LogP contribution is -2.37. The van der Waals surface area contributed by atoms with Crippen LogP contribution in [0.3, 0.4) is 0 Å². The minimum Gasteiger partial charge on any atom is -0.497 e. The maximum atomic E-state index is 13.4. The summed E-state index contributed by atoms with van der Waals surface area (Å²) in [6.07, 6.45) is 4.23. The van der Waals surface area contributed by atoms with Gasteiger partial charge in [-0.15, -0.1) is 0 Å². The van der Waals surface area contributed by atoms with E-state index in [9.17, 15) is 4.79 Å². The number of aromatic nitrogens is 1. The number of ether oxygens (including phenoxy) is 1. The Labute approximate surface area is 193 Å². The Hall–Kier alpha value is -2.76. The van der Waals surface area contributed by atoms with Gasteiger partial charge in [-0.3, -0.25) is 9.69 Å². The Bertz CT molecular complexity index is 1170. The molecule has 0 saturated heterocycles. The van der Waals surface area contributed by atoms with E-state index in [-0.39, 0.29) is 5.43 Å². The van der Waals surface area contributed by atoms with Crippen molar-refractivity contribution in [2.45, 2.75) is 44.9 Å². The maximum Gasteiger partial charge on any atom is 0.208 e. The molecule has 1 saturated carbocycles. The highest BCUT2D eigenvalue weighted by atomic mass is 35.5. The summed E-state index contributed by atoms with van der Waals surface area (Å²) in [5, 5.41) is 4.20. The zero-order chi connectivity index (χ0) is 22.1. The molecular weight excluding hydrogens is 422 g/mol. The van der Waals surface area contributed by atoms with Gasteiger partial charge in [0.2, 0.25) is 5.43 Å². The molecule has 1 fully saturated rings. The molecule has 1 aromatic heterocycles. The summed E-state index contributed by atoms with van der Waals surface area (Å²) in [4.78, 5) is 15.8. The molecule has 2 heterocycles. The second-order valence-corrected chi connectivity index (χ2v) is 9.11. The number of rotatable bonds is 7. The number of benzene rings is 2. The minimum atomic E-state index is 0.159. The molecule has 0 spiro atoms. The first kappa shape index (κ1) is 21.1. The molecular formula is C26H28ClN3O2. The number of halogens is 1. The van der Waals surface area contributed by atoms with E-state index in [1.807, 2.05) is 48.7 Å². The van der Waals surface area contributed by atoms with Gasteiger partial charge in [0, 0.05) is 55.2 Å². The predicted molar refractivity (Wildman–Crippen MR) is 129 cm³/mol. The summed E-state index contributed by atoms with van der Waals surface area (Å²) in [6.45, 7) is 4.00. The summed E-state index contributed by atoms with van der Waals surface area (Å²) in [5.74, 6) is 1.23. The third kappa shape index (κ3) is 4.41. The van der Waals surface area contributed by atoms with Crippen LogP contribution in [0.4, 0.5) is 5.69 Å². The Morgan fingerprint density at radius 2 is 1.88 bits per heavy atom. The van der Waals surface area contributed by atoms with E-state index in [0.717, 1.165) is 66.5 Å². The highest BCUT2D eigenvalue weighted by molar-refractivity contribution is 6.31. The molecule has 5 rings (SSSR count). The van der Waals surface area contributed by atoms with Crippen LogP contribution >= 0.6 is 11.6 Å². The number of pyridine rings is 1. The van der Waals surface area contributed by atoms with Gasteiger partial charge in [0.05, 0.1) is 12.8 Å². The van der Waals surface area contributed by atoms with Gasteiger partial charge in [0.25, 0.3) is 0 Å². The van der Waals surface area contributed by atoms with E-state index >= 15 is 0 Å². The van der Waals surface area contributed by atoms with E-state index in [1.54, 1.807) is 7.11 Å². The zero-order valence-electron chi connectivity index (χ0n) is 18.3. The standard InChI is InChI=1S/C26H28ClN3O2/c1-32-21-10-6-18(7-11-21)14-28-23-16-30-13-12-29(15-20-4-2-3-5-22(20)27)17-24(30)25(26(23)31)19-8-9-19/h2-7,10-11,16,19,28H,8-9,12-15,17H2,1H3. The second kappa shape index (κ2) is 9.00. The molecule has 5 nitrogen and oxygen atoms in total. The Morgan fingerprint density at radius 3 is 2.59 bits per heavy atom. The zero-order valence-corrected chi connectivity index (χ0v) is 19.1. The molecule has 1 aliphatic heterocycles. The minimum absolute atomic E-state index is 0.159. The van der Waals surface area contributed by atoms with Crippen molar-refractivity contribution in [3.05, 3.63) is 92.4 Å². The third-order valence-corrected chi connectivity index (χ3v) is 6.81. The summed E-state index contributed by atoms with van der Waals surface area (Å²) < 4.78 is 7.52. The van der Waals surface area contributed by atoms with Gasteiger partial charge in [-0.05, 0) is 48.1 Å². The Balaban J connectivity index is 1.38. The molecule has 2 aliphatic rings. The van der Waals surface area contributed by atoms with Gasteiger partial charge in [0.15, 0.2) is 0 Å². The first-order valence-electron chi connectivity index (χ1n) is 11.2. The lowest BCUT2D eigenvalue weighted by Gasteiger charge is -2.32. The van der Waals surface area contributed by atoms with E-state index in [4.69, 9.17) is 16.3 Å². The van der Waals surface area contributed by atoms with Crippen LogP contribution in [0, 0.1) is 0 Å². The topological polar surface area (TPSA) is 46.5 Å². The average molecular weight is 450 g/mol. The van der Waals surface area contributed by atoms with Crippen LogP contribution in [0.2, 0.25) is 5.02 Å². The molecule has 166 valence electrons. The maximum absolute atomic E-state index is 13.4. The lowest BCUT2D eigenvalue weighted by atomic mass is 10.0. The van der Waals surface area contributed by atoms with Crippen molar-refractivity contribution < 1.29 is 4.74 Å². The van der Waals surface area contributed by atoms with Crippen molar-refractivity contribution in [3.8, 4) is 5.75 Å². The molecule has 0 unspecified atom stereocenters. The summed E-state index contributed by atoms with van der Waals surface area (Å²) >= 11 is 6.39. The molecule has 3 aromatic rings. The van der Waals surface area contributed by atoms with Crippen molar-refractivity contribution in [1.29, 1.82) is 0 Å². The largest absolute Gasteiger partial charge is 0.497 e. The van der Waals surface area contributed by atoms with E-state index in [1.165, 1.54) is 5.69 Å². The van der Waals surface area contributed by atoms with E-state index in [0.29, 0.717) is 18.2 Å². The number of anilines is 1. The van der Waals surface area contributed by atoms with Crippen molar-refractivity contribution in [2.75, 3.05) is 19.0 Å². The van der Waals surface area contributed by atoms with Crippen LogP contribution in [-0.4, -0.2) is 23.1 Å². The van der Waals surface area contributed by atoms with Gasteiger partial charge >= 0.3 is 0 Å². The number of methoxy groups -OCH3 is 1. The van der Waals surface area contributed by atoms with Crippen molar-refractivity contribution in [2.24, 2.45) is 0 Å². The molecule has 0 radical (unpaired) electrons. The third-order valence-electron chi connectivity index (χ3n) is 6.44. The van der Waals surface area contributed by atoms with Gasteiger partial charge < -0.3 is 14.6 Å². The van der Waals surface area contributed by atoms with Crippen LogP contribution in [0.25, 0.3) is 0 Å². The molecule has 1 N–H and O–H groups in total. The Kier molecular flexibility index (Phi) is 5.94. The van der Waals surface area contributed by atoms with Crippen LogP contribution in [0.5, 0.6) is 5.75 Å². The fraction of sp³-hybridized carbons (Fsp3) is 0.346. The first-order chi connectivity index (χ1) is 15.6. The van der Waals surface area contributed by atoms with E-state index < -0.39 is 0 Å². The molecule has 6 heteroatoms. The van der Waals surface area contributed by atoms with Crippen molar-refractivity contribution >= 4 is 17.3 Å². The van der Waals surface area contributed by atoms with Crippen LogP contribution < -0.4 is 15.5 Å². The summed E-state index contributed by atoms with van der Waals surface area (Å²) in [7, 11) is 1.66. The number of fused-ring (bicyclic) bond motifs is 1. The summed E-state index contributed by atoms with van der Waals surface area (Å²) in [5.41, 5.74) is 5.29. The van der Waals surface area contributed by atoms with Crippen molar-refractivity contribution in [3.63, 3.8) is 0 Å². The smallest absolute Gasteiger partial charge is 0.208 e.